The lowest BCUT2D eigenvalue weighted by molar-refractivity contribution is -0.155. The zero-order valence-electron chi connectivity index (χ0n) is 40.5. The standard InChI is InChI=1S/C52H68N8O7/c1-10-58-42-18-16-33-25-37(42)38(46(58)36-13-11-19-53-44(36)29(2)3)26-52(7,8)28-67-51(66)39-14-12-20-59(56-39)48(63)40(23-32-21-34(33)24-35(61)22-32)55-47(62)45(30(4)5)57(9)50(65)43-17-15-31(6)60(43)49(64)41-27-54-41/h11,13,16,18-19,21-22,24-25,29-31,39-41,43,45,54,56,61H,10,12,14-15,17,20,23,26-28H2,1-9H3,(H,55,62)/t31-,39+,40+,41+,43-,45+/m1/s1. The third-order valence-corrected chi connectivity index (χ3v) is 14.1. The molecule has 8 rings (SSSR count). The predicted molar refractivity (Wildman–Crippen MR) is 256 cm³/mol. The van der Waals surface area contributed by atoms with Gasteiger partial charge in [0.25, 0.3) is 5.91 Å². The van der Waals surface area contributed by atoms with E-state index in [1.165, 1.54) is 9.91 Å². The minimum Gasteiger partial charge on any atom is -0.508 e. The fourth-order valence-corrected chi connectivity index (χ4v) is 10.7. The third kappa shape index (κ3) is 9.67. The van der Waals surface area contributed by atoms with Crippen LogP contribution >= 0.6 is 0 Å². The van der Waals surface area contributed by atoms with Gasteiger partial charge >= 0.3 is 5.97 Å². The molecule has 0 aliphatic carbocycles. The summed E-state index contributed by atoms with van der Waals surface area (Å²) in [5.74, 6) is -2.10. The van der Waals surface area contributed by atoms with Crippen molar-refractivity contribution in [3.05, 3.63) is 71.5 Å². The summed E-state index contributed by atoms with van der Waals surface area (Å²) in [6.45, 7) is 17.9. The number of hydrogen-bond acceptors (Lipinski definition) is 10. The summed E-state index contributed by atoms with van der Waals surface area (Å²) in [6.07, 6.45) is 4.53. The van der Waals surface area contributed by atoms with Gasteiger partial charge in [-0.05, 0) is 116 Å². The lowest BCUT2D eigenvalue weighted by atomic mass is 9.83. The van der Waals surface area contributed by atoms with Crippen LogP contribution in [0, 0.1) is 11.3 Å². The lowest BCUT2D eigenvalue weighted by Gasteiger charge is -2.37. The van der Waals surface area contributed by atoms with Crippen LogP contribution in [0.4, 0.5) is 0 Å². The Labute approximate surface area is 394 Å². The molecule has 4 N–H and O–H groups in total. The summed E-state index contributed by atoms with van der Waals surface area (Å²) < 4.78 is 8.46. The molecule has 2 aromatic heterocycles. The molecule has 6 heterocycles. The Bertz CT molecular complexity index is 2560. The van der Waals surface area contributed by atoms with Crippen molar-refractivity contribution in [3.8, 4) is 28.1 Å². The first-order chi connectivity index (χ1) is 31.9. The minimum absolute atomic E-state index is 0.000204. The van der Waals surface area contributed by atoms with E-state index in [0.29, 0.717) is 50.8 Å². The molecular weight excluding hydrogens is 849 g/mol. The molecule has 67 heavy (non-hydrogen) atoms. The predicted octanol–water partition coefficient (Wildman–Crippen LogP) is 5.70. The van der Waals surface area contributed by atoms with E-state index in [1.807, 2.05) is 45.2 Å². The second-order valence-corrected chi connectivity index (χ2v) is 20.6. The number of hydrazine groups is 1. The number of likely N-dealkylation sites (tertiary alicyclic amines) is 1. The van der Waals surface area contributed by atoms with Gasteiger partial charge in [-0.2, -0.15) is 0 Å². The molecule has 6 atom stereocenters. The highest BCUT2D eigenvalue weighted by molar-refractivity contribution is 5.97. The number of nitrogens with one attached hydrogen (secondary N) is 3. The van der Waals surface area contributed by atoms with Crippen molar-refractivity contribution in [3.63, 3.8) is 0 Å². The number of fused-ring (bicyclic) bond motifs is 6. The van der Waals surface area contributed by atoms with Crippen LogP contribution in [0.15, 0.2) is 54.7 Å². The number of phenols is 1. The van der Waals surface area contributed by atoms with E-state index in [9.17, 15) is 29.1 Å². The molecule has 2 aromatic carbocycles. The lowest BCUT2D eigenvalue weighted by Crippen LogP contribution is -2.62. The number of amides is 4. The number of carbonyl (C=O) groups is 5. The molecule has 0 spiro atoms. The highest BCUT2D eigenvalue weighted by Crippen LogP contribution is 2.42. The maximum Gasteiger partial charge on any atom is 0.324 e. The Morgan fingerprint density at radius 3 is 2.49 bits per heavy atom. The van der Waals surface area contributed by atoms with E-state index in [2.05, 4.69) is 73.4 Å². The van der Waals surface area contributed by atoms with Crippen LogP contribution in [0.25, 0.3) is 33.3 Å². The van der Waals surface area contributed by atoms with Crippen molar-refractivity contribution in [1.29, 1.82) is 0 Å². The number of esters is 1. The van der Waals surface area contributed by atoms with Gasteiger partial charge in [0.2, 0.25) is 17.7 Å². The zero-order chi connectivity index (χ0) is 48.1. The van der Waals surface area contributed by atoms with Gasteiger partial charge in [0.05, 0.1) is 24.0 Å². The number of rotatable bonds is 9. The smallest absolute Gasteiger partial charge is 0.324 e. The number of ether oxygens (including phenoxy) is 1. The number of aromatic nitrogens is 2. The molecule has 6 bridgehead atoms. The SMILES string of the molecule is CCn1c(-c2cccnc2C(C)C)c2c3cc(ccc31)-c1cc(O)cc(c1)C[C@H](NC(=O)[C@H](C(C)C)N(C)C(=O)[C@H]1CC[C@@H](C)N1C(=O)[C@@H]1CN1)C(=O)N1CCC[C@H](N1)C(=O)OCC(C)(C)C2. The van der Waals surface area contributed by atoms with Gasteiger partial charge in [-0.1, -0.05) is 53.7 Å². The topological polar surface area (TPSA) is 188 Å². The van der Waals surface area contributed by atoms with Gasteiger partial charge in [-0.25, -0.2) is 5.43 Å². The number of benzene rings is 2. The molecule has 4 amide bonds. The van der Waals surface area contributed by atoms with Crippen LogP contribution in [0.2, 0.25) is 0 Å². The number of pyridine rings is 1. The molecule has 4 aliphatic heterocycles. The monoisotopic (exact) mass is 917 g/mol. The normalized spacial score (nSPS) is 23.5. The van der Waals surface area contributed by atoms with Crippen molar-refractivity contribution in [2.24, 2.45) is 11.3 Å². The van der Waals surface area contributed by atoms with Gasteiger partial charge < -0.3 is 34.8 Å². The van der Waals surface area contributed by atoms with Crippen LogP contribution in [-0.4, -0.2) is 122 Å². The van der Waals surface area contributed by atoms with Gasteiger partial charge in [0.15, 0.2) is 0 Å². The summed E-state index contributed by atoms with van der Waals surface area (Å²) in [5, 5.41) is 19.9. The number of hydrogen-bond donors (Lipinski definition) is 4. The third-order valence-electron chi connectivity index (χ3n) is 14.1. The highest BCUT2D eigenvalue weighted by Gasteiger charge is 2.47. The number of phenolic OH excluding ortho intramolecular Hbond substituents is 1. The quantitative estimate of drug-likeness (QED) is 0.120. The highest BCUT2D eigenvalue weighted by atomic mass is 16.5. The van der Waals surface area contributed by atoms with Crippen LogP contribution in [0.1, 0.15) is 104 Å². The Morgan fingerprint density at radius 2 is 1.79 bits per heavy atom. The van der Waals surface area contributed by atoms with Crippen molar-refractivity contribution < 1.29 is 33.8 Å². The number of nitrogens with zero attached hydrogens (tertiary/aromatic N) is 5. The van der Waals surface area contributed by atoms with E-state index in [4.69, 9.17) is 9.72 Å². The summed E-state index contributed by atoms with van der Waals surface area (Å²) >= 11 is 0. The number of aryl methyl sites for hydroxylation is 1. The van der Waals surface area contributed by atoms with Gasteiger partial charge in [0.1, 0.15) is 29.9 Å². The Balaban J connectivity index is 1.19. The Hall–Kier alpha value is -5.80. The minimum atomic E-state index is -1.16. The fraction of sp³-hybridized carbons (Fsp3) is 0.538. The van der Waals surface area contributed by atoms with Crippen LogP contribution in [0.3, 0.4) is 0 Å². The van der Waals surface area contributed by atoms with Gasteiger partial charge in [-0.3, -0.25) is 34.0 Å². The summed E-state index contributed by atoms with van der Waals surface area (Å²) in [4.78, 5) is 78.9. The van der Waals surface area contributed by atoms with Crippen LogP contribution in [0.5, 0.6) is 5.75 Å². The molecule has 3 saturated heterocycles. The first-order valence-electron chi connectivity index (χ1n) is 24.2. The van der Waals surface area contributed by atoms with E-state index < -0.39 is 47.4 Å². The molecule has 15 nitrogen and oxygen atoms in total. The van der Waals surface area contributed by atoms with E-state index in [-0.39, 0.29) is 61.1 Å². The molecule has 0 saturated carbocycles. The van der Waals surface area contributed by atoms with E-state index >= 15 is 0 Å². The maximum absolute atomic E-state index is 14.8. The molecule has 358 valence electrons. The average Bonchev–Trinajstić information content (AvgIpc) is 4.02. The molecule has 4 aromatic rings. The van der Waals surface area contributed by atoms with Gasteiger partial charge in [-0.15, -0.1) is 0 Å². The van der Waals surface area contributed by atoms with Crippen molar-refractivity contribution >= 4 is 40.5 Å². The van der Waals surface area contributed by atoms with Gasteiger partial charge in [0, 0.05) is 67.2 Å². The second-order valence-electron chi connectivity index (χ2n) is 20.6. The summed E-state index contributed by atoms with van der Waals surface area (Å²) in [7, 11) is 1.59. The van der Waals surface area contributed by atoms with Crippen molar-refractivity contribution in [1.82, 2.24) is 40.4 Å². The molecule has 3 fully saturated rings. The second kappa shape index (κ2) is 19.1. The first kappa shape index (κ1) is 47.7. The van der Waals surface area contributed by atoms with Crippen molar-refractivity contribution in [2.75, 3.05) is 26.7 Å². The molecular formula is C52H68N8O7. The zero-order valence-corrected chi connectivity index (χ0v) is 40.5. The number of carbonyl (C=O) groups excluding carboxylic acids is 5. The fourth-order valence-electron chi connectivity index (χ4n) is 10.7. The van der Waals surface area contributed by atoms with Crippen LogP contribution in [-0.2, 0) is 48.1 Å². The number of aromatic hydroxyl groups is 1. The molecule has 0 radical (unpaired) electrons. The average molecular weight is 917 g/mol. The molecule has 4 aliphatic rings. The number of likely N-dealkylation sites (N-methyl/N-ethyl adjacent to an activating group) is 1. The van der Waals surface area contributed by atoms with Crippen LogP contribution < -0.4 is 16.1 Å². The molecule has 15 heteroatoms. The maximum atomic E-state index is 14.8. The van der Waals surface area contributed by atoms with Crippen molar-refractivity contribution in [2.45, 2.75) is 143 Å². The summed E-state index contributed by atoms with van der Waals surface area (Å²) in [5.41, 5.74) is 10.1. The van der Waals surface area contributed by atoms with E-state index in [0.717, 1.165) is 44.5 Å². The Kier molecular flexibility index (Phi) is 13.6. The number of cyclic esters (lactones) is 1. The molecule has 0 unspecified atom stereocenters. The van der Waals surface area contributed by atoms with E-state index in [1.54, 1.807) is 24.1 Å². The largest absolute Gasteiger partial charge is 0.508 e. The summed E-state index contributed by atoms with van der Waals surface area (Å²) in [6, 6.07) is 11.6. The Morgan fingerprint density at radius 1 is 1.03 bits per heavy atom. The first-order valence-corrected chi connectivity index (χ1v) is 24.2.